The molecule has 2 nitrogen and oxygen atoms in total. The molecule has 0 spiro atoms. The Morgan fingerprint density at radius 2 is 1.94 bits per heavy atom. The molecular formula is C15H12BrNO. The molecule has 0 unspecified atom stereocenters. The first-order chi connectivity index (χ1) is 8.72. The highest BCUT2D eigenvalue weighted by Gasteiger charge is 2.06. The fourth-order valence-electron chi connectivity index (χ4n) is 1.77. The summed E-state index contributed by atoms with van der Waals surface area (Å²) < 4.78 is 1.01. The van der Waals surface area contributed by atoms with E-state index in [9.17, 15) is 4.79 Å². The second kappa shape index (κ2) is 5.70. The van der Waals surface area contributed by atoms with Gasteiger partial charge in [0.05, 0.1) is 0 Å². The molecule has 0 radical (unpaired) electrons. The summed E-state index contributed by atoms with van der Waals surface area (Å²) in [5.74, 6) is 2.41. The Morgan fingerprint density at radius 1 is 1.22 bits per heavy atom. The van der Waals surface area contributed by atoms with Crippen molar-refractivity contribution in [1.82, 2.24) is 0 Å². The summed E-state index contributed by atoms with van der Waals surface area (Å²) in [6.07, 6.45) is 5.95. The first-order valence-electron chi connectivity index (χ1n) is 5.63. The molecule has 2 aromatic rings. The summed E-state index contributed by atoms with van der Waals surface area (Å²) >= 11 is 3.50. The van der Waals surface area contributed by atoms with E-state index in [-0.39, 0.29) is 5.91 Å². The number of benzene rings is 2. The van der Waals surface area contributed by atoms with Crippen LogP contribution in [0.3, 0.4) is 0 Å². The molecule has 0 aliphatic carbocycles. The third-order valence-electron chi connectivity index (χ3n) is 2.64. The zero-order valence-corrected chi connectivity index (χ0v) is 11.3. The van der Waals surface area contributed by atoms with Crippen LogP contribution < -0.4 is 5.32 Å². The molecule has 0 aromatic heterocycles. The molecule has 0 bridgehead atoms. The van der Waals surface area contributed by atoms with Crippen molar-refractivity contribution in [3.63, 3.8) is 0 Å². The van der Waals surface area contributed by atoms with Crippen molar-refractivity contribution in [2.24, 2.45) is 0 Å². The second-order valence-corrected chi connectivity index (χ2v) is 4.75. The van der Waals surface area contributed by atoms with E-state index in [2.05, 4.69) is 27.2 Å². The van der Waals surface area contributed by atoms with Gasteiger partial charge in [0.15, 0.2) is 0 Å². The van der Waals surface area contributed by atoms with Crippen LogP contribution in [-0.2, 0) is 4.79 Å². The van der Waals surface area contributed by atoms with Crippen LogP contribution in [0.1, 0.15) is 12.8 Å². The predicted molar refractivity (Wildman–Crippen MR) is 78.3 cm³/mol. The van der Waals surface area contributed by atoms with Gasteiger partial charge in [0.2, 0.25) is 5.91 Å². The minimum Gasteiger partial charge on any atom is -0.325 e. The molecule has 0 aliphatic rings. The average molecular weight is 302 g/mol. The highest BCUT2D eigenvalue weighted by Crippen LogP contribution is 2.29. The number of rotatable bonds is 3. The first kappa shape index (κ1) is 12.7. The lowest BCUT2D eigenvalue weighted by Gasteiger charge is -2.09. The van der Waals surface area contributed by atoms with E-state index in [1.54, 1.807) is 0 Å². The number of amides is 1. The number of terminal acetylenes is 1. The average Bonchev–Trinajstić information content (AvgIpc) is 2.40. The molecule has 2 aromatic carbocycles. The first-order valence-corrected chi connectivity index (χ1v) is 6.42. The van der Waals surface area contributed by atoms with Gasteiger partial charge in [0.1, 0.15) is 0 Å². The van der Waals surface area contributed by atoms with Gasteiger partial charge < -0.3 is 5.32 Å². The molecule has 0 fully saturated rings. The zero-order chi connectivity index (χ0) is 13.0. The summed E-state index contributed by atoms with van der Waals surface area (Å²) in [4.78, 5) is 11.7. The number of nitrogens with one attached hydrogen (secondary N) is 1. The maximum atomic E-state index is 11.7. The largest absolute Gasteiger partial charge is 0.325 e. The molecule has 0 heterocycles. The molecule has 0 saturated heterocycles. The summed E-state index contributed by atoms with van der Waals surface area (Å²) in [5.41, 5.74) is 0.816. The Labute approximate surface area is 115 Å². The van der Waals surface area contributed by atoms with E-state index in [4.69, 9.17) is 6.42 Å². The maximum Gasteiger partial charge on any atom is 0.225 e. The van der Waals surface area contributed by atoms with Crippen molar-refractivity contribution < 1.29 is 4.79 Å². The van der Waals surface area contributed by atoms with Crippen LogP contribution in [0.5, 0.6) is 0 Å². The lowest BCUT2D eigenvalue weighted by Crippen LogP contribution is -2.11. The number of halogens is 1. The third kappa shape index (κ3) is 2.72. The van der Waals surface area contributed by atoms with Gasteiger partial charge in [-0.2, -0.15) is 0 Å². The molecule has 0 aliphatic heterocycles. The van der Waals surface area contributed by atoms with Crippen molar-refractivity contribution >= 4 is 38.3 Å². The standard InChI is InChI=1S/C15H12BrNO/c1-2-3-8-15(18)17-14-10-9-13(16)11-6-4-5-7-12(11)14/h1,4-7,9-10H,3,8H2,(H,17,18). The maximum absolute atomic E-state index is 11.7. The van der Waals surface area contributed by atoms with Crippen LogP contribution >= 0.6 is 15.9 Å². The lowest BCUT2D eigenvalue weighted by atomic mass is 10.1. The van der Waals surface area contributed by atoms with Crippen molar-refractivity contribution in [2.75, 3.05) is 5.32 Å². The molecule has 1 amide bonds. The number of hydrogen-bond donors (Lipinski definition) is 1. The highest BCUT2D eigenvalue weighted by molar-refractivity contribution is 9.10. The molecule has 2 rings (SSSR count). The minimum absolute atomic E-state index is 0.0552. The predicted octanol–water partition coefficient (Wildman–Crippen LogP) is 3.95. The Balaban J connectivity index is 2.32. The SMILES string of the molecule is C#CCCC(=O)Nc1ccc(Br)c2ccccc12. The second-order valence-electron chi connectivity index (χ2n) is 3.89. The quantitative estimate of drug-likeness (QED) is 0.855. The molecule has 18 heavy (non-hydrogen) atoms. The fraction of sp³-hybridized carbons (Fsp3) is 0.133. The van der Waals surface area contributed by atoms with Crippen molar-refractivity contribution in [2.45, 2.75) is 12.8 Å². The van der Waals surface area contributed by atoms with Crippen LogP contribution in [0.25, 0.3) is 10.8 Å². The van der Waals surface area contributed by atoms with E-state index in [0.717, 1.165) is 20.9 Å². The number of anilines is 1. The van der Waals surface area contributed by atoms with Gasteiger partial charge >= 0.3 is 0 Å². The van der Waals surface area contributed by atoms with E-state index in [0.29, 0.717) is 12.8 Å². The summed E-state index contributed by atoms with van der Waals surface area (Å²) in [7, 11) is 0. The number of hydrogen-bond acceptors (Lipinski definition) is 1. The summed E-state index contributed by atoms with van der Waals surface area (Å²) in [6, 6.07) is 11.7. The Morgan fingerprint density at radius 3 is 2.67 bits per heavy atom. The fourth-order valence-corrected chi connectivity index (χ4v) is 2.25. The third-order valence-corrected chi connectivity index (χ3v) is 3.33. The summed E-state index contributed by atoms with van der Waals surface area (Å²) in [6.45, 7) is 0. The van der Waals surface area contributed by atoms with Gasteiger partial charge in [-0.15, -0.1) is 12.3 Å². The lowest BCUT2D eigenvalue weighted by molar-refractivity contribution is -0.116. The van der Waals surface area contributed by atoms with Gasteiger partial charge in [0.25, 0.3) is 0 Å². The highest BCUT2D eigenvalue weighted by atomic mass is 79.9. The molecule has 0 saturated carbocycles. The van der Waals surface area contributed by atoms with Crippen LogP contribution in [0.15, 0.2) is 40.9 Å². The van der Waals surface area contributed by atoms with Gasteiger partial charge in [0, 0.05) is 28.4 Å². The minimum atomic E-state index is -0.0552. The van der Waals surface area contributed by atoms with Gasteiger partial charge in [-0.3, -0.25) is 4.79 Å². The molecule has 90 valence electrons. The Kier molecular flexibility index (Phi) is 4.01. The van der Waals surface area contributed by atoms with Crippen LogP contribution in [0, 0.1) is 12.3 Å². The summed E-state index contributed by atoms with van der Waals surface area (Å²) in [5, 5.41) is 4.98. The van der Waals surface area contributed by atoms with Crippen molar-refractivity contribution in [3.8, 4) is 12.3 Å². The van der Waals surface area contributed by atoms with Crippen LogP contribution in [0.2, 0.25) is 0 Å². The Bertz CT molecular complexity index is 628. The number of carbonyl (C=O) groups is 1. The van der Waals surface area contributed by atoms with Gasteiger partial charge in [-0.1, -0.05) is 40.2 Å². The number of fused-ring (bicyclic) bond motifs is 1. The van der Waals surface area contributed by atoms with E-state index >= 15 is 0 Å². The van der Waals surface area contributed by atoms with E-state index < -0.39 is 0 Å². The van der Waals surface area contributed by atoms with Gasteiger partial charge in [-0.05, 0) is 17.5 Å². The molecule has 1 N–H and O–H groups in total. The monoisotopic (exact) mass is 301 g/mol. The smallest absolute Gasteiger partial charge is 0.225 e. The normalized spacial score (nSPS) is 10.0. The molecule has 0 atom stereocenters. The van der Waals surface area contributed by atoms with Gasteiger partial charge in [-0.25, -0.2) is 0 Å². The molecular weight excluding hydrogens is 290 g/mol. The van der Waals surface area contributed by atoms with Crippen molar-refractivity contribution in [1.29, 1.82) is 0 Å². The van der Waals surface area contributed by atoms with E-state index in [1.165, 1.54) is 0 Å². The van der Waals surface area contributed by atoms with E-state index in [1.807, 2.05) is 36.4 Å². The zero-order valence-electron chi connectivity index (χ0n) is 9.74. The topological polar surface area (TPSA) is 29.1 Å². The van der Waals surface area contributed by atoms with Crippen molar-refractivity contribution in [3.05, 3.63) is 40.9 Å². The van der Waals surface area contributed by atoms with Crippen LogP contribution in [-0.4, -0.2) is 5.91 Å². The number of carbonyl (C=O) groups excluding carboxylic acids is 1. The Hall–Kier alpha value is -1.79. The van der Waals surface area contributed by atoms with Crippen LogP contribution in [0.4, 0.5) is 5.69 Å². The molecule has 3 heteroatoms.